The van der Waals surface area contributed by atoms with Crippen molar-refractivity contribution in [3.63, 3.8) is 0 Å². The van der Waals surface area contributed by atoms with E-state index in [0.29, 0.717) is 0 Å². The molecule has 0 unspecified atom stereocenters. The standard InChI is InChI=1S/C30H34N/c1-20-24-12-8-9-13-26(24)28(30(2,3)4)19-27(20)29-25-15-14-22(21-10-6-7-11-21)18-23(25)16-17-31(29)5/h8-9,12-19,21H,6-7,10-11H2,1-5H3/q+1. The van der Waals surface area contributed by atoms with Gasteiger partial charge in [0.2, 0.25) is 5.69 Å². The lowest BCUT2D eigenvalue weighted by atomic mass is 9.80. The largest absolute Gasteiger partial charge is 0.220 e. The summed E-state index contributed by atoms with van der Waals surface area (Å²) in [4.78, 5) is 0. The Morgan fingerprint density at radius 2 is 1.55 bits per heavy atom. The molecule has 0 N–H and O–H groups in total. The van der Waals surface area contributed by atoms with E-state index in [1.807, 2.05) is 0 Å². The molecule has 0 aliphatic heterocycles. The van der Waals surface area contributed by atoms with Crippen molar-refractivity contribution in [1.82, 2.24) is 0 Å². The topological polar surface area (TPSA) is 3.88 Å². The van der Waals surface area contributed by atoms with Gasteiger partial charge in [0.25, 0.3) is 0 Å². The maximum absolute atomic E-state index is 2.46. The molecule has 1 saturated carbocycles. The van der Waals surface area contributed by atoms with Crippen LogP contribution in [0.2, 0.25) is 0 Å². The maximum Gasteiger partial charge on any atom is 0.220 e. The molecule has 1 aromatic heterocycles. The molecule has 1 nitrogen and oxygen atoms in total. The number of benzene rings is 3. The van der Waals surface area contributed by atoms with Gasteiger partial charge in [-0.2, -0.15) is 0 Å². The molecule has 0 spiro atoms. The van der Waals surface area contributed by atoms with E-state index in [1.165, 1.54) is 75.2 Å². The van der Waals surface area contributed by atoms with Crippen LogP contribution in [0.3, 0.4) is 0 Å². The summed E-state index contributed by atoms with van der Waals surface area (Å²) in [5.41, 5.74) is 7.07. The molecule has 1 heterocycles. The molecular weight excluding hydrogens is 374 g/mol. The van der Waals surface area contributed by atoms with E-state index < -0.39 is 0 Å². The highest BCUT2D eigenvalue weighted by molar-refractivity contribution is 5.99. The first-order chi connectivity index (χ1) is 14.8. The first-order valence-electron chi connectivity index (χ1n) is 11.8. The van der Waals surface area contributed by atoms with Crippen LogP contribution in [-0.2, 0) is 12.5 Å². The van der Waals surface area contributed by atoms with Crippen molar-refractivity contribution in [1.29, 1.82) is 0 Å². The smallest absolute Gasteiger partial charge is 0.200 e. The van der Waals surface area contributed by atoms with E-state index in [-0.39, 0.29) is 5.41 Å². The van der Waals surface area contributed by atoms with E-state index in [4.69, 9.17) is 0 Å². The highest BCUT2D eigenvalue weighted by Gasteiger charge is 2.25. The second kappa shape index (κ2) is 7.48. The number of aromatic nitrogens is 1. The lowest BCUT2D eigenvalue weighted by Gasteiger charge is -2.24. The highest BCUT2D eigenvalue weighted by Crippen LogP contribution is 2.40. The Morgan fingerprint density at radius 1 is 0.839 bits per heavy atom. The van der Waals surface area contributed by atoms with Crippen molar-refractivity contribution in [2.24, 2.45) is 7.05 Å². The van der Waals surface area contributed by atoms with Crippen molar-refractivity contribution < 1.29 is 4.57 Å². The minimum Gasteiger partial charge on any atom is -0.200 e. The summed E-state index contributed by atoms with van der Waals surface area (Å²) in [6, 6.07) is 20.9. The molecule has 0 amide bonds. The van der Waals surface area contributed by atoms with Gasteiger partial charge in [0.05, 0.1) is 10.9 Å². The quantitative estimate of drug-likeness (QED) is 0.299. The van der Waals surface area contributed by atoms with E-state index in [1.54, 1.807) is 0 Å². The molecule has 1 aliphatic rings. The number of nitrogens with zero attached hydrogens (tertiary/aromatic N) is 1. The minimum absolute atomic E-state index is 0.0842. The van der Waals surface area contributed by atoms with Crippen LogP contribution in [0.25, 0.3) is 32.8 Å². The van der Waals surface area contributed by atoms with Gasteiger partial charge < -0.3 is 0 Å². The first kappa shape index (κ1) is 20.2. The summed E-state index contributed by atoms with van der Waals surface area (Å²) in [6.45, 7) is 9.26. The van der Waals surface area contributed by atoms with E-state index in [0.717, 1.165) is 5.92 Å². The third kappa shape index (κ3) is 3.45. The van der Waals surface area contributed by atoms with Crippen LogP contribution >= 0.6 is 0 Å². The normalized spacial score (nSPS) is 15.3. The van der Waals surface area contributed by atoms with Crippen molar-refractivity contribution >= 4 is 21.5 Å². The number of fused-ring (bicyclic) bond motifs is 2. The van der Waals surface area contributed by atoms with Gasteiger partial charge in [0.1, 0.15) is 7.05 Å². The average molecular weight is 409 g/mol. The van der Waals surface area contributed by atoms with E-state index in [9.17, 15) is 0 Å². The molecule has 4 aromatic rings. The summed E-state index contributed by atoms with van der Waals surface area (Å²) in [7, 11) is 2.19. The predicted molar refractivity (Wildman–Crippen MR) is 133 cm³/mol. The molecule has 1 fully saturated rings. The van der Waals surface area contributed by atoms with Crippen molar-refractivity contribution in [3.8, 4) is 11.3 Å². The molecule has 1 aliphatic carbocycles. The van der Waals surface area contributed by atoms with Crippen molar-refractivity contribution in [2.45, 2.75) is 64.7 Å². The Morgan fingerprint density at radius 3 is 2.26 bits per heavy atom. The van der Waals surface area contributed by atoms with Crippen LogP contribution < -0.4 is 4.57 Å². The molecule has 0 atom stereocenters. The van der Waals surface area contributed by atoms with E-state index >= 15 is 0 Å². The van der Waals surface area contributed by atoms with Gasteiger partial charge in [-0.3, -0.25) is 0 Å². The van der Waals surface area contributed by atoms with Gasteiger partial charge in [0.15, 0.2) is 6.20 Å². The van der Waals surface area contributed by atoms with Crippen LogP contribution in [0.1, 0.15) is 69.1 Å². The zero-order valence-electron chi connectivity index (χ0n) is 19.6. The summed E-state index contributed by atoms with van der Waals surface area (Å²) >= 11 is 0. The van der Waals surface area contributed by atoms with E-state index in [2.05, 4.69) is 100 Å². The third-order valence-electron chi connectivity index (χ3n) is 7.36. The number of hydrogen-bond acceptors (Lipinski definition) is 0. The van der Waals surface area contributed by atoms with Gasteiger partial charge >= 0.3 is 0 Å². The number of pyridine rings is 1. The molecule has 0 bridgehead atoms. The Hall–Kier alpha value is -2.67. The summed E-state index contributed by atoms with van der Waals surface area (Å²) < 4.78 is 2.31. The fourth-order valence-electron chi connectivity index (χ4n) is 5.63. The fraction of sp³-hybridized carbons (Fsp3) is 0.367. The van der Waals surface area contributed by atoms with Gasteiger partial charge in [0, 0.05) is 6.07 Å². The SMILES string of the molecule is Cc1c(-c2c3ccc(C4CCCC4)cc3cc[n+]2C)cc(C(C)(C)C)c2ccccc12. The molecule has 158 valence electrons. The molecule has 1 heteroatoms. The molecule has 0 radical (unpaired) electrons. The zero-order valence-corrected chi connectivity index (χ0v) is 19.6. The second-order valence-electron chi connectivity index (χ2n) is 10.5. The molecular formula is C30H34N+. The van der Waals surface area contributed by atoms with Crippen LogP contribution in [0, 0.1) is 6.92 Å². The van der Waals surface area contributed by atoms with Crippen LogP contribution in [-0.4, -0.2) is 0 Å². The third-order valence-corrected chi connectivity index (χ3v) is 7.36. The molecule has 5 rings (SSSR count). The fourth-order valence-corrected chi connectivity index (χ4v) is 5.63. The van der Waals surface area contributed by atoms with Gasteiger partial charge in [-0.1, -0.05) is 70.0 Å². The van der Waals surface area contributed by atoms with Crippen LogP contribution in [0.15, 0.2) is 60.8 Å². The minimum atomic E-state index is 0.0842. The Balaban J connectivity index is 1.79. The van der Waals surface area contributed by atoms with Crippen molar-refractivity contribution in [2.75, 3.05) is 0 Å². The van der Waals surface area contributed by atoms with Crippen LogP contribution in [0.5, 0.6) is 0 Å². The summed E-state index contributed by atoms with van der Waals surface area (Å²) in [5.74, 6) is 0.747. The molecule has 0 saturated heterocycles. The van der Waals surface area contributed by atoms with Gasteiger partial charge in [-0.05, 0) is 76.1 Å². The lowest BCUT2D eigenvalue weighted by Crippen LogP contribution is -2.31. The zero-order chi connectivity index (χ0) is 21.8. The monoisotopic (exact) mass is 408 g/mol. The Labute approximate surface area is 186 Å². The molecule has 31 heavy (non-hydrogen) atoms. The predicted octanol–water partition coefficient (Wildman–Crippen LogP) is 7.75. The maximum atomic E-state index is 2.46. The summed E-state index contributed by atoms with van der Waals surface area (Å²) in [5, 5.41) is 5.46. The first-order valence-corrected chi connectivity index (χ1v) is 11.8. The highest BCUT2D eigenvalue weighted by atomic mass is 14.9. The van der Waals surface area contributed by atoms with Crippen LogP contribution in [0.4, 0.5) is 0 Å². The van der Waals surface area contributed by atoms with Gasteiger partial charge in [-0.25, -0.2) is 4.57 Å². The molecule has 3 aromatic carbocycles. The lowest BCUT2D eigenvalue weighted by molar-refractivity contribution is -0.659. The second-order valence-corrected chi connectivity index (χ2v) is 10.5. The summed E-state index contributed by atoms with van der Waals surface area (Å²) in [6.07, 6.45) is 7.68. The number of aryl methyl sites for hydroxylation is 2. The average Bonchev–Trinajstić information content (AvgIpc) is 3.28. The van der Waals surface area contributed by atoms with Crippen molar-refractivity contribution in [3.05, 3.63) is 77.5 Å². The Bertz CT molecular complexity index is 1280. The number of hydrogen-bond donors (Lipinski definition) is 0. The number of rotatable bonds is 2. The van der Waals surface area contributed by atoms with Gasteiger partial charge in [-0.15, -0.1) is 0 Å². The Kier molecular flexibility index (Phi) is 4.88.